The zero-order chi connectivity index (χ0) is 26.8. The summed E-state index contributed by atoms with van der Waals surface area (Å²) in [5.74, 6) is -1.70. The van der Waals surface area contributed by atoms with Gasteiger partial charge in [-0.15, -0.1) is 0 Å². The van der Waals surface area contributed by atoms with Gasteiger partial charge in [0.2, 0.25) is 0 Å². The largest absolute Gasteiger partial charge is 0.382 e. The molecule has 10 nitrogen and oxygen atoms in total. The molecule has 0 aliphatic carbocycles. The number of nitrogens with one attached hydrogen (secondary N) is 2. The standard InChI is InChI=1S/C26H23F2N9O/c1-37(13-15-4-7-19(27)20(28)8-15)26(38)22-25(33-12-21(29)34-22)31-10-14-2-5-16(6-3-14)17-9-18-23(30)35-36-24(18)32-11-17/h2-9,11-12H,10,13H2,1H3,(H2,29,34)(H,31,33)(H3,30,32,35,36). The SMILES string of the molecule is CN(Cc1ccc(F)c(F)c1)C(=O)c1nc(N)cnc1NCc1ccc(-c2cnc3[nH]nc(N)c3c2)cc1. The van der Waals surface area contributed by atoms with E-state index in [1.54, 1.807) is 6.20 Å². The van der Waals surface area contributed by atoms with E-state index in [0.717, 1.165) is 34.2 Å². The van der Waals surface area contributed by atoms with Crippen molar-refractivity contribution in [1.82, 2.24) is 30.0 Å². The van der Waals surface area contributed by atoms with Crippen LogP contribution >= 0.6 is 0 Å². The van der Waals surface area contributed by atoms with E-state index in [2.05, 4.69) is 30.5 Å². The number of aromatic nitrogens is 5. The Morgan fingerprint density at radius 2 is 1.74 bits per heavy atom. The zero-order valence-corrected chi connectivity index (χ0v) is 20.2. The van der Waals surface area contributed by atoms with Crippen LogP contribution in [0.3, 0.4) is 0 Å². The van der Waals surface area contributed by atoms with Crippen LogP contribution < -0.4 is 16.8 Å². The summed E-state index contributed by atoms with van der Waals surface area (Å²) in [6.45, 7) is 0.399. The first-order chi connectivity index (χ1) is 18.3. The van der Waals surface area contributed by atoms with Gasteiger partial charge < -0.3 is 21.7 Å². The maximum Gasteiger partial charge on any atom is 0.276 e. The number of nitrogens with zero attached hydrogens (tertiary/aromatic N) is 5. The van der Waals surface area contributed by atoms with E-state index in [0.29, 0.717) is 23.6 Å². The summed E-state index contributed by atoms with van der Waals surface area (Å²) < 4.78 is 26.8. The number of hydrogen-bond acceptors (Lipinski definition) is 8. The summed E-state index contributed by atoms with van der Waals surface area (Å²) in [5, 5.41) is 10.6. The van der Waals surface area contributed by atoms with Gasteiger partial charge in [0.1, 0.15) is 5.82 Å². The van der Waals surface area contributed by atoms with Crippen LogP contribution in [0.4, 0.5) is 26.2 Å². The lowest BCUT2D eigenvalue weighted by Gasteiger charge is -2.19. The Morgan fingerprint density at radius 3 is 2.50 bits per heavy atom. The monoisotopic (exact) mass is 515 g/mol. The quantitative estimate of drug-likeness (QED) is 0.256. The third kappa shape index (κ3) is 5.05. The van der Waals surface area contributed by atoms with Crippen molar-refractivity contribution >= 4 is 34.4 Å². The topological polar surface area (TPSA) is 152 Å². The van der Waals surface area contributed by atoms with Crippen LogP contribution in [0.1, 0.15) is 21.6 Å². The van der Waals surface area contributed by atoms with E-state index in [1.807, 2.05) is 30.3 Å². The highest BCUT2D eigenvalue weighted by Gasteiger charge is 2.20. The summed E-state index contributed by atoms with van der Waals surface area (Å²) in [7, 11) is 1.53. The number of pyridine rings is 1. The molecule has 0 aliphatic heterocycles. The molecule has 3 aromatic heterocycles. The molecule has 6 N–H and O–H groups in total. The second-order valence-electron chi connectivity index (χ2n) is 8.68. The molecule has 2 aromatic carbocycles. The van der Waals surface area contributed by atoms with Crippen molar-refractivity contribution in [2.45, 2.75) is 13.1 Å². The molecule has 12 heteroatoms. The van der Waals surface area contributed by atoms with Crippen LogP contribution in [0.2, 0.25) is 0 Å². The Kier molecular flexibility index (Phi) is 6.52. The lowest BCUT2D eigenvalue weighted by Crippen LogP contribution is -2.28. The summed E-state index contributed by atoms with van der Waals surface area (Å²) >= 11 is 0. The summed E-state index contributed by atoms with van der Waals surface area (Å²) in [6.07, 6.45) is 3.09. The van der Waals surface area contributed by atoms with Gasteiger partial charge in [-0.3, -0.25) is 9.89 Å². The van der Waals surface area contributed by atoms with Gasteiger partial charge in [-0.2, -0.15) is 5.10 Å². The molecule has 0 bridgehead atoms. The molecule has 3 heterocycles. The normalized spacial score (nSPS) is 11.0. The molecule has 192 valence electrons. The first kappa shape index (κ1) is 24.6. The number of nitrogens with two attached hydrogens (primary N) is 2. The highest BCUT2D eigenvalue weighted by Crippen LogP contribution is 2.25. The van der Waals surface area contributed by atoms with Crippen molar-refractivity contribution in [3.63, 3.8) is 0 Å². The maximum absolute atomic E-state index is 13.6. The maximum atomic E-state index is 13.6. The zero-order valence-electron chi connectivity index (χ0n) is 20.2. The number of H-pyrrole nitrogens is 1. The fourth-order valence-corrected chi connectivity index (χ4v) is 3.93. The van der Waals surface area contributed by atoms with Gasteiger partial charge in [0.25, 0.3) is 5.91 Å². The molecule has 0 aliphatic rings. The van der Waals surface area contributed by atoms with Gasteiger partial charge in [-0.05, 0) is 34.9 Å². The van der Waals surface area contributed by atoms with Crippen LogP contribution in [0.5, 0.6) is 0 Å². The Balaban J connectivity index is 1.29. The van der Waals surface area contributed by atoms with Crippen LogP contribution in [0.15, 0.2) is 60.9 Å². The van der Waals surface area contributed by atoms with Crippen molar-refractivity contribution in [2.24, 2.45) is 0 Å². The Labute approximate surface area is 215 Å². The molecule has 0 unspecified atom stereocenters. The summed E-state index contributed by atoms with van der Waals surface area (Å²) in [4.78, 5) is 27.2. The minimum atomic E-state index is -0.983. The number of hydrogen-bond donors (Lipinski definition) is 4. The molecular weight excluding hydrogens is 492 g/mol. The number of anilines is 3. The van der Waals surface area contributed by atoms with Gasteiger partial charge in [0.15, 0.2) is 34.6 Å². The summed E-state index contributed by atoms with van der Waals surface area (Å²) in [6, 6.07) is 13.2. The number of amides is 1. The minimum Gasteiger partial charge on any atom is -0.382 e. The molecule has 0 saturated heterocycles. The Hall–Kier alpha value is -5.13. The Bertz CT molecular complexity index is 1640. The summed E-state index contributed by atoms with van der Waals surface area (Å²) in [5.41, 5.74) is 15.5. The average Bonchev–Trinajstić information content (AvgIpc) is 3.29. The van der Waals surface area contributed by atoms with E-state index in [4.69, 9.17) is 11.5 Å². The van der Waals surface area contributed by atoms with Gasteiger partial charge in [0.05, 0.1) is 11.6 Å². The average molecular weight is 516 g/mol. The molecule has 5 aromatic rings. The van der Waals surface area contributed by atoms with Crippen molar-refractivity contribution in [3.05, 3.63) is 89.4 Å². The highest BCUT2D eigenvalue weighted by molar-refractivity contribution is 5.97. The second kappa shape index (κ2) is 10.1. The highest BCUT2D eigenvalue weighted by atomic mass is 19.2. The molecule has 1 amide bonds. The first-order valence-corrected chi connectivity index (χ1v) is 11.5. The van der Waals surface area contributed by atoms with Gasteiger partial charge >= 0.3 is 0 Å². The number of rotatable bonds is 7. The van der Waals surface area contributed by atoms with E-state index in [1.165, 1.54) is 24.2 Å². The fraction of sp³-hybridized carbons (Fsp3) is 0.115. The van der Waals surface area contributed by atoms with Crippen molar-refractivity contribution < 1.29 is 13.6 Å². The molecule has 0 fully saturated rings. The minimum absolute atomic E-state index is 0.0174. The smallest absolute Gasteiger partial charge is 0.276 e. The van der Waals surface area contributed by atoms with Crippen molar-refractivity contribution in [1.29, 1.82) is 0 Å². The molecule has 0 saturated carbocycles. The van der Waals surface area contributed by atoms with Gasteiger partial charge in [-0.1, -0.05) is 30.3 Å². The van der Waals surface area contributed by atoms with Crippen LogP contribution in [0.25, 0.3) is 22.2 Å². The lowest BCUT2D eigenvalue weighted by atomic mass is 10.0. The fourth-order valence-electron chi connectivity index (χ4n) is 3.93. The molecule has 0 spiro atoms. The molecular formula is C26H23F2N9O. The number of aromatic amines is 1. The number of nitrogen functional groups attached to an aromatic ring is 2. The lowest BCUT2D eigenvalue weighted by molar-refractivity contribution is 0.0780. The van der Waals surface area contributed by atoms with Gasteiger partial charge in [-0.25, -0.2) is 23.7 Å². The number of benzene rings is 2. The predicted octanol–water partition coefficient (Wildman–Crippen LogP) is 3.74. The molecule has 5 rings (SSSR count). The van der Waals surface area contributed by atoms with Gasteiger partial charge in [0, 0.05) is 31.9 Å². The molecule has 38 heavy (non-hydrogen) atoms. The van der Waals surface area contributed by atoms with Crippen LogP contribution in [-0.2, 0) is 13.1 Å². The van der Waals surface area contributed by atoms with E-state index in [9.17, 15) is 13.6 Å². The van der Waals surface area contributed by atoms with Crippen LogP contribution in [-0.4, -0.2) is 43.0 Å². The molecule has 0 atom stereocenters. The van der Waals surface area contributed by atoms with Crippen molar-refractivity contribution in [2.75, 3.05) is 23.8 Å². The Morgan fingerprint density at radius 1 is 0.974 bits per heavy atom. The number of halogens is 2. The van der Waals surface area contributed by atoms with E-state index >= 15 is 0 Å². The third-order valence-electron chi connectivity index (χ3n) is 5.94. The first-order valence-electron chi connectivity index (χ1n) is 11.5. The van der Waals surface area contributed by atoms with Crippen LogP contribution in [0, 0.1) is 11.6 Å². The number of carbonyl (C=O) groups excluding carboxylic acids is 1. The molecule has 0 radical (unpaired) electrons. The number of carbonyl (C=O) groups is 1. The number of fused-ring (bicyclic) bond motifs is 1. The predicted molar refractivity (Wildman–Crippen MR) is 140 cm³/mol. The van der Waals surface area contributed by atoms with Crippen molar-refractivity contribution in [3.8, 4) is 11.1 Å². The third-order valence-corrected chi connectivity index (χ3v) is 5.94. The van der Waals surface area contributed by atoms with E-state index < -0.39 is 17.5 Å². The second-order valence-corrected chi connectivity index (χ2v) is 8.68. The van der Waals surface area contributed by atoms with E-state index in [-0.39, 0.29) is 23.9 Å².